The van der Waals surface area contributed by atoms with Crippen LogP contribution in [0.25, 0.3) is 21.2 Å². The summed E-state index contributed by atoms with van der Waals surface area (Å²) in [5.74, 6) is 1.14. The van der Waals surface area contributed by atoms with Crippen molar-refractivity contribution in [3.8, 4) is 5.75 Å². The van der Waals surface area contributed by atoms with Gasteiger partial charge in [0.1, 0.15) is 16.2 Å². The van der Waals surface area contributed by atoms with E-state index in [1.165, 1.54) is 28.3 Å². The Morgan fingerprint density at radius 1 is 1.28 bits per heavy atom. The van der Waals surface area contributed by atoms with Gasteiger partial charge in [-0.05, 0) is 42.5 Å². The number of hydrogen-bond acceptors (Lipinski definition) is 7. The molecular weight excluding hydrogens is 408 g/mol. The highest BCUT2D eigenvalue weighted by atomic mass is 32.2. The zero-order valence-electron chi connectivity index (χ0n) is 16.0. The van der Waals surface area contributed by atoms with Crippen molar-refractivity contribution in [1.82, 2.24) is 9.55 Å². The summed E-state index contributed by atoms with van der Waals surface area (Å²) in [4.78, 5) is 31.8. The first-order valence-corrected chi connectivity index (χ1v) is 11.1. The molecule has 29 heavy (non-hydrogen) atoms. The monoisotopic (exact) mass is 426 g/mol. The molecule has 0 saturated carbocycles. The third kappa shape index (κ3) is 3.07. The number of thiophene rings is 1. The summed E-state index contributed by atoms with van der Waals surface area (Å²) in [6, 6.07) is 6.92. The summed E-state index contributed by atoms with van der Waals surface area (Å²) >= 11 is 3.09. The Kier molecular flexibility index (Phi) is 4.48. The summed E-state index contributed by atoms with van der Waals surface area (Å²) in [6.45, 7) is 0. The molecule has 0 spiro atoms. The molecule has 0 bridgehead atoms. The van der Waals surface area contributed by atoms with Crippen LogP contribution in [-0.2, 0) is 25.6 Å². The van der Waals surface area contributed by atoms with E-state index in [-0.39, 0.29) is 5.56 Å². The van der Waals surface area contributed by atoms with Gasteiger partial charge in [-0.1, -0.05) is 11.8 Å². The van der Waals surface area contributed by atoms with E-state index in [2.05, 4.69) is 0 Å². The number of benzene rings is 1. The minimum Gasteiger partial charge on any atom is -0.497 e. The van der Waals surface area contributed by atoms with Crippen LogP contribution < -0.4 is 15.9 Å². The Hall–Kier alpha value is -2.58. The fourth-order valence-electron chi connectivity index (χ4n) is 3.83. The minimum atomic E-state index is -0.409. The lowest BCUT2D eigenvalue weighted by Crippen LogP contribution is -2.20. The molecular formula is C21H18N2O4S2. The van der Waals surface area contributed by atoms with Crippen LogP contribution in [0.2, 0.25) is 0 Å². The highest BCUT2D eigenvalue weighted by Gasteiger charge is 2.22. The topological polar surface area (TPSA) is 74.3 Å². The van der Waals surface area contributed by atoms with Crippen molar-refractivity contribution in [2.75, 3.05) is 7.11 Å². The van der Waals surface area contributed by atoms with Crippen LogP contribution in [0.1, 0.15) is 22.4 Å². The SMILES string of the molecule is COc1ccc2c(CSc3nc4sc5c(c4c(=O)n3C)CCC5)cc(=O)oc2c1. The van der Waals surface area contributed by atoms with Crippen LogP contribution in [0.5, 0.6) is 5.75 Å². The van der Waals surface area contributed by atoms with Crippen LogP contribution in [0.15, 0.2) is 43.4 Å². The number of aromatic nitrogens is 2. The van der Waals surface area contributed by atoms with E-state index >= 15 is 0 Å². The van der Waals surface area contributed by atoms with E-state index in [4.69, 9.17) is 14.1 Å². The zero-order chi connectivity index (χ0) is 20.1. The first-order chi connectivity index (χ1) is 14.0. The molecule has 4 aromatic rings. The minimum absolute atomic E-state index is 0.0130. The number of thioether (sulfide) groups is 1. The van der Waals surface area contributed by atoms with Crippen LogP contribution in [0, 0.1) is 0 Å². The van der Waals surface area contributed by atoms with Crippen molar-refractivity contribution in [2.45, 2.75) is 30.2 Å². The molecule has 0 unspecified atom stereocenters. The summed E-state index contributed by atoms with van der Waals surface area (Å²) in [7, 11) is 3.33. The van der Waals surface area contributed by atoms with Gasteiger partial charge in [0, 0.05) is 35.2 Å². The zero-order valence-corrected chi connectivity index (χ0v) is 17.6. The van der Waals surface area contributed by atoms with Crippen molar-refractivity contribution >= 4 is 44.3 Å². The highest BCUT2D eigenvalue weighted by molar-refractivity contribution is 7.98. The molecule has 0 atom stereocenters. The van der Waals surface area contributed by atoms with Gasteiger partial charge in [0.15, 0.2) is 5.16 Å². The predicted octanol–water partition coefficient (Wildman–Crippen LogP) is 3.89. The van der Waals surface area contributed by atoms with Gasteiger partial charge in [-0.2, -0.15) is 0 Å². The Bertz CT molecular complexity index is 1380. The molecule has 0 N–H and O–H groups in total. The Morgan fingerprint density at radius 2 is 2.14 bits per heavy atom. The maximum atomic E-state index is 13.0. The number of ether oxygens (including phenoxy) is 1. The quantitative estimate of drug-likeness (QED) is 0.280. The molecule has 148 valence electrons. The molecule has 0 amide bonds. The van der Waals surface area contributed by atoms with Crippen LogP contribution in [-0.4, -0.2) is 16.7 Å². The van der Waals surface area contributed by atoms with Gasteiger partial charge >= 0.3 is 5.63 Å². The normalized spacial score (nSPS) is 13.3. The van der Waals surface area contributed by atoms with Crippen LogP contribution in [0.4, 0.5) is 0 Å². The molecule has 1 aliphatic rings. The second-order valence-electron chi connectivity index (χ2n) is 7.04. The molecule has 0 fully saturated rings. The average Bonchev–Trinajstić information content (AvgIpc) is 3.29. The van der Waals surface area contributed by atoms with E-state index in [9.17, 15) is 9.59 Å². The number of aryl methyl sites for hydroxylation is 2. The van der Waals surface area contributed by atoms with E-state index in [0.29, 0.717) is 22.2 Å². The second kappa shape index (κ2) is 7.03. The fourth-order valence-corrected chi connectivity index (χ4v) is 6.10. The van der Waals surface area contributed by atoms with Crippen LogP contribution >= 0.6 is 23.1 Å². The molecule has 5 rings (SSSR count). The van der Waals surface area contributed by atoms with E-state index in [0.717, 1.165) is 40.4 Å². The summed E-state index contributed by atoms with van der Waals surface area (Å²) in [5, 5.41) is 2.28. The molecule has 0 aliphatic heterocycles. The van der Waals surface area contributed by atoms with Gasteiger partial charge in [0.25, 0.3) is 5.56 Å². The molecule has 1 aliphatic carbocycles. The first kappa shape index (κ1) is 18.4. The van der Waals surface area contributed by atoms with Crippen LogP contribution in [0.3, 0.4) is 0 Å². The number of fused-ring (bicyclic) bond motifs is 4. The third-order valence-electron chi connectivity index (χ3n) is 5.30. The average molecular weight is 427 g/mol. The highest BCUT2D eigenvalue weighted by Crippen LogP contribution is 2.36. The predicted molar refractivity (Wildman–Crippen MR) is 115 cm³/mol. The molecule has 3 heterocycles. The van der Waals surface area contributed by atoms with Crippen molar-refractivity contribution in [3.63, 3.8) is 0 Å². The molecule has 0 radical (unpaired) electrons. The van der Waals surface area contributed by atoms with Crippen molar-refractivity contribution < 1.29 is 9.15 Å². The Labute approximate surface area is 174 Å². The fraction of sp³-hybridized carbons (Fsp3) is 0.286. The van der Waals surface area contributed by atoms with Crippen molar-refractivity contribution in [3.05, 3.63) is 61.0 Å². The van der Waals surface area contributed by atoms with Gasteiger partial charge in [-0.15, -0.1) is 11.3 Å². The molecule has 8 heteroatoms. The lowest BCUT2D eigenvalue weighted by atomic mass is 10.1. The third-order valence-corrected chi connectivity index (χ3v) is 7.56. The first-order valence-electron chi connectivity index (χ1n) is 9.30. The summed E-state index contributed by atoms with van der Waals surface area (Å²) in [5.41, 5.74) is 2.12. The molecule has 6 nitrogen and oxygen atoms in total. The largest absolute Gasteiger partial charge is 0.497 e. The van der Waals surface area contributed by atoms with Gasteiger partial charge in [0.2, 0.25) is 0 Å². The van der Waals surface area contributed by atoms with E-state index in [1.54, 1.807) is 36.1 Å². The summed E-state index contributed by atoms with van der Waals surface area (Å²) < 4.78 is 12.2. The number of hydrogen-bond donors (Lipinski definition) is 0. The number of nitrogens with zero attached hydrogens (tertiary/aromatic N) is 2. The maximum Gasteiger partial charge on any atom is 0.336 e. The number of methoxy groups -OCH3 is 1. The van der Waals surface area contributed by atoms with Crippen molar-refractivity contribution in [2.24, 2.45) is 7.05 Å². The second-order valence-corrected chi connectivity index (χ2v) is 9.06. The Morgan fingerprint density at radius 3 is 2.97 bits per heavy atom. The molecule has 1 aromatic carbocycles. The van der Waals surface area contributed by atoms with Gasteiger partial charge in [-0.25, -0.2) is 9.78 Å². The molecule has 3 aromatic heterocycles. The van der Waals surface area contributed by atoms with Gasteiger partial charge in [-0.3, -0.25) is 9.36 Å². The number of rotatable bonds is 4. The smallest absolute Gasteiger partial charge is 0.336 e. The lowest BCUT2D eigenvalue weighted by molar-refractivity contribution is 0.414. The van der Waals surface area contributed by atoms with Gasteiger partial charge < -0.3 is 9.15 Å². The van der Waals surface area contributed by atoms with E-state index in [1.807, 2.05) is 12.1 Å². The van der Waals surface area contributed by atoms with E-state index < -0.39 is 5.63 Å². The Balaban J connectivity index is 1.53. The lowest BCUT2D eigenvalue weighted by Gasteiger charge is -2.09. The maximum absolute atomic E-state index is 13.0. The standard InChI is InChI=1S/C21H18N2O4S2/c1-23-20(25)18-14-4-3-5-16(14)29-19(18)22-21(23)28-10-11-8-17(24)27-15-9-12(26-2)6-7-13(11)15/h6-9H,3-5,10H2,1-2H3. The van der Waals surface area contributed by atoms with Gasteiger partial charge in [0.05, 0.1) is 12.5 Å². The summed E-state index contributed by atoms with van der Waals surface area (Å²) in [6.07, 6.45) is 3.12. The molecule has 0 saturated heterocycles. The van der Waals surface area contributed by atoms with Crippen molar-refractivity contribution in [1.29, 1.82) is 0 Å².